The van der Waals surface area contributed by atoms with E-state index in [0.717, 1.165) is 20.2 Å². The molecule has 16 heavy (non-hydrogen) atoms. The van der Waals surface area contributed by atoms with Crippen molar-refractivity contribution in [1.82, 2.24) is 0 Å². The maximum Gasteiger partial charge on any atom is 0.224 e. The maximum atomic E-state index is 11.5. The third-order valence-corrected chi connectivity index (χ3v) is 3.26. The van der Waals surface area contributed by atoms with Gasteiger partial charge in [0.1, 0.15) is 0 Å². The molecule has 1 aromatic carbocycles. The topological polar surface area (TPSA) is 49.3 Å². The van der Waals surface area contributed by atoms with Gasteiger partial charge in [0.15, 0.2) is 0 Å². The Morgan fingerprint density at radius 2 is 1.94 bits per heavy atom. The van der Waals surface area contributed by atoms with Gasteiger partial charge in [-0.2, -0.15) is 0 Å². The molecule has 0 aromatic heterocycles. The molecule has 0 atom stereocenters. The van der Waals surface area contributed by atoms with Crippen LogP contribution in [0.5, 0.6) is 0 Å². The highest BCUT2D eigenvalue weighted by Crippen LogP contribution is 2.32. The number of carbonyl (C=O) groups is 1. The highest BCUT2D eigenvalue weighted by Gasteiger charge is 2.09. The fraction of sp³-hybridized carbons (Fsp3) is 0.364. The lowest BCUT2D eigenvalue weighted by atomic mass is 10.2. The number of aliphatic hydroxyl groups is 1. The molecule has 1 aromatic rings. The van der Waals surface area contributed by atoms with Gasteiger partial charge in [0.05, 0.1) is 5.69 Å². The van der Waals surface area contributed by atoms with E-state index in [4.69, 9.17) is 5.11 Å². The lowest BCUT2D eigenvalue weighted by molar-refractivity contribution is -0.116. The van der Waals surface area contributed by atoms with Gasteiger partial charge in [-0.15, -0.1) is 0 Å². The Morgan fingerprint density at radius 3 is 2.44 bits per heavy atom. The average molecular weight is 351 g/mol. The van der Waals surface area contributed by atoms with Crippen LogP contribution in [0.4, 0.5) is 5.69 Å². The first-order valence-electron chi connectivity index (χ1n) is 4.91. The fourth-order valence-corrected chi connectivity index (χ4v) is 2.87. The van der Waals surface area contributed by atoms with Crippen LogP contribution in [-0.4, -0.2) is 17.6 Å². The minimum Gasteiger partial charge on any atom is -0.396 e. The second-order valence-corrected chi connectivity index (χ2v) is 5.19. The Bertz CT molecular complexity index is 371. The van der Waals surface area contributed by atoms with Crippen LogP contribution in [-0.2, 0) is 4.79 Å². The number of rotatable bonds is 4. The molecule has 0 unspecified atom stereocenters. The number of aliphatic hydroxyl groups excluding tert-OH is 1. The van der Waals surface area contributed by atoms with Crippen molar-refractivity contribution in [2.24, 2.45) is 0 Å². The standard InChI is InChI=1S/C11H13Br2NO2/c1-7-5-8(12)11(9(13)6-7)14-10(16)3-2-4-15/h5-6,15H,2-4H2,1H3,(H,14,16). The van der Waals surface area contributed by atoms with Gasteiger partial charge < -0.3 is 10.4 Å². The second kappa shape index (κ2) is 6.37. The van der Waals surface area contributed by atoms with E-state index >= 15 is 0 Å². The van der Waals surface area contributed by atoms with E-state index in [1.54, 1.807) is 0 Å². The summed E-state index contributed by atoms with van der Waals surface area (Å²) in [6, 6.07) is 3.87. The smallest absolute Gasteiger partial charge is 0.224 e. The van der Waals surface area contributed by atoms with Gasteiger partial charge in [-0.05, 0) is 62.9 Å². The van der Waals surface area contributed by atoms with Gasteiger partial charge in [0.25, 0.3) is 0 Å². The maximum absolute atomic E-state index is 11.5. The van der Waals surface area contributed by atoms with Crippen LogP contribution in [0.25, 0.3) is 0 Å². The van der Waals surface area contributed by atoms with Crippen molar-refractivity contribution in [3.63, 3.8) is 0 Å². The molecule has 88 valence electrons. The van der Waals surface area contributed by atoms with Crippen LogP contribution < -0.4 is 5.32 Å². The van der Waals surface area contributed by atoms with E-state index in [1.807, 2.05) is 19.1 Å². The lowest BCUT2D eigenvalue weighted by Gasteiger charge is -2.10. The van der Waals surface area contributed by atoms with Crippen LogP contribution in [0.3, 0.4) is 0 Å². The quantitative estimate of drug-likeness (QED) is 0.875. The van der Waals surface area contributed by atoms with Crippen LogP contribution in [0.1, 0.15) is 18.4 Å². The number of anilines is 1. The number of nitrogens with one attached hydrogen (secondary N) is 1. The summed E-state index contributed by atoms with van der Waals surface area (Å²) in [5.41, 5.74) is 1.83. The molecule has 0 aliphatic heterocycles. The van der Waals surface area contributed by atoms with E-state index in [-0.39, 0.29) is 12.5 Å². The summed E-state index contributed by atoms with van der Waals surface area (Å²) in [4.78, 5) is 11.5. The van der Waals surface area contributed by atoms with Gasteiger partial charge in [-0.3, -0.25) is 4.79 Å². The molecule has 0 saturated carbocycles. The second-order valence-electron chi connectivity index (χ2n) is 3.48. The van der Waals surface area contributed by atoms with Crippen LogP contribution in [0.15, 0.2) is 21.1 Å². The molecule has 0 aliphatic rings. The van der Waals surface area contributed by atoms with Crippen molar-refractivity contribution < 1.29 is 9.90 Å². The molecule has 5 heteroatoms. The van der Waals surface area contributed by atoms with Crippen LogP contribution in [0, 0.1) is 6.92 Å². The first-order chi connectivity index (χ1) is 7.54. The van der Waals surface area contributed by atoms with E-state index in [2.05, 4.69) is 37.2 Å². The van der Waals surface area contributed by atoms with Crippen molar-refractivity contribution in [2.45, 2.75) is 19.8 Å². The van der Waals surface area contributed by atoms with Gasteiger partial charge in [-0.25, -0.2) is 0 Å². The molecule has 0 radical (unpaired) electrons. The third-order valence-electron chi connectivity index (χ3n) is 2.01. The predicted octanol–water partition coefficient (Wildman–Crippen LogP) is 3.23. The molecule has 1 rings (SSSR count). The summed E-state index contributed by atoms with van der Waals surface area (Å²) in [7, 11) is 0. The van der Waals surface area contributed by atoms with Crippen molar-refractivity contribution >= 4 is 43.5 Å². The number of aryl methyl sites for hydroxylation is 1. The van der Waals surface area contributed by atoms with Gasteiger partial charge >= 0.3 is 0 Å². The number of halogens is 2. The Hall–Kier alpha value is -0.390. The zero-order valence-electron chi connectivity index (χ0n) is 8.89. The van der Waals surface area contributed by atoms with Crippen molar-refractivity contribution in [3.05, 3.63) is 26.6 Å². The number of hydrogen-bond acceptors (Lipinski definition) is 2. The molecule has 1 amide bonds. The summed E-state index contributed by atoms with van der Waals surface area (Å²) in [6.07, 6.45) is 0.802. The lowest BCUT2D eigenvalue weighted by Crippen LogP contribution is -2.12. The van der Waals surface area contributed by atoms with E-state index in [0.29, 0.717) is 12.8 Å². The minimum absolute atomic E-state index is 0.0314. The monoisotopic (exact) mass is 349 g/mol. The fourth-order valence-electron chi connectivity index (χ4n) is 1.26. The molecule has 0 fully saturated rings. The van der Waals surface area contributed by atoms with Gasteiger partial charge in [0, 0.05) is 22.0 Å². The van der Waals surface area contributed by atoms with Crippen molar-refractivity contribution in [1.29, 1.82) is 0 Å². The van der Waals surface area contributed by atoms with Crippen LogP contribution >= 0.6 is 31.9 Å². The zero-order chi connectivity index (χ0) is 12.1. The van der Waals surface area contributed by atoms with Gasteiger partial charge in [0.2, 0.25) is 5.91 Å². The average Bonchev–Trinajstić information content (AvgIpc) is 2.20. The summed E-state index contributed by atoms with van der Waals surface area (Å²) >= 11 is 6.80. The number of benzene rings is 1. The van der Waals surface area contributed by atoms with E-state index < -0.39 is 0 Å². The zero-order valence-corrected chi connectivity index (χ0v) is 12.1. The molecule has 3 nitrogen and oxygen atoms in total. The summed E-state index contributed by atoms with van der Waals surface area (Å²) in [6.45, 7) is 2.01. The predicted molar refractivity (Wildman–Crippen MR) is 71.5 cm³/mol. The SMILES string of the molecule is Cc1cc(Br)c(NC(=O)CCCO)c(Br)c1. The Balaban J connectivity index is 2.77. The largest absolute Gasteiger partial charge is 0.396 e. The molecule has 0 saturated heterocycles. The normalized spacial score (nSPS) is 10.2. The molecule has 0 heterocycles. The molecular formula is C11H13Br2NO2. The van der Waals surface area contributed by atoms with Crippen LogP contribution in [0.2, 0.25) is 0 Å². The highest BCUT2D eigenvalue weighted by atomic mass is 79.9. The Morgan fingerprint density at radius 1 is 1.38 bits per heavy atom. The van der Waals surface area contributed by atoms with Crippen molar-refractivity contribution in [3.8, 4) is 0 Å². The van der Waals surface area contributed by atoms with Gasteiger partial charge in [-0.1, -0.05) is 0 Å². The molecule has 2 N–H and O–H groups in total. The Kier molecular flexibility index (Phi) is 5.44. The van der Waals surface area contributed by atoms with E-state index in [1.165, 1.54) is 0 Å². The van der Waals surface area contributed by atoms with E-state index in [9.17, 15) is 4.79 Å². The third kappa shape index (κ3) is 3.88. The minimum atomic E-state index is -0.0979. The summed E-state index contributed by atoms with van der Waals surface area (Å²) in [5, 5.41) is 11.4. The number of carbonyl (C=O) groups excluding carboxylic acids is 1. The highest BCUT2D eigenvalue weighted by molar-refractivity contribution is 9.11. The summed E-state index contributed by atoms with van der Waals surface area (Å²) < 4.78 is 1.69. The van der Waals surface area contributed by atoms with Crippen molar-refractivity contribution in [2.75, 3.05) is 11.9 Å². The first-order valence-corrected chi connectivity index (χ1v) is 6.49. The molecule has 0 aliphatic carbocycles. The molecule has 0 spiro atoms. The Labute approximate surface area is 111 Å². The first kappa shape index (κ1) is 13.7. The number of amides is 1. The number of hydrogen-bond donors (Lipinski definition) is 2. The molecular weight excluding hydrogens is 338 g/mol. The molecule has 0 bridgehead atoms. The summed E-state index contributed by atoms with van der Waals surface area (Å²) in [5.74, 6) is -0.0979.